The number of amides is 2. The number of piperidine rings is 1. The van der Waals surface area contributed by atoms with Gasteiger partial charge in [-0.2, -0.15) is 0 Å². The average Bonchev–Trinajstić information content (AvgIpc) is 3.19. The van der Waals surface area contributed by atoms with Gasteiger partial charge in [-0.3, -0.25) is 9.59 Å². The Hall–Kier alpha value is -3.06. The molecule has 5 nitrogen and oxygen atoms in total. The standard InChI is InChI=1S/C24H24FN3O2S/c1-16-21(31-15-27-16)22(29)28-10-4-9-24(14-28,23(26)30)13-17-5-2-6-18(11-17)19-7-3-8-20(25)12-19/h2-3,5-8,11-12,15H,4,9-10,13-14H2,1H3,(H2,26,30). The number of carbonyl (C=O) groups excluding carboxylic acids is 2. The van der Waals surface area contributed by atoms with Gasteiger partial charge in [0, 0.05) is 13.1 Å². The number of carbonyl (C=O) groups is 2. The summed E-state index contributed by atoms with van der Waals surface area (Å²) in [7, 11) is 0. The van der Waals surface area contributed by atoms with Gasteiger partial charge in [0.1, 0.15) is 10.7 Å². The SMILES string of the molecule is Cc1ncsc1C(=O)N1CCCC(Cc2cccc(-c3cccc(F)c3)c2)(C(N)=O)C1. The minimum absolute atomic E-state index is 0.0983. The van der Waals surface area contributed by atoms with E-state index in [4.69, 9.17) is 5.73 Å². The molecule has 1 aliphatic rings. The third-order valence-electron chi connectivity index (χ3n) is 5.95. The van der Waals surface area contributed by atoms with Gasteiger partial charge in [-0.25, -0.2) is 9.37 Å². The van der Waals surface area contributed by atoms with Gasteiger partial charge in [0.25, 0.3) is 5.91 Å². The van der Waals surface area contributed by atoms with Crippen LogP contribution in [0.15, 0.2) is 54.0 Å². The number of thiazole rings is 1. The smallest absolute Gasteiger partial charge is 0.265 e. The highest BCUT2D eigenvalue weighted by atomic mass is 32.1. The lowest BCUT2D eigenvalue weighted by molar-refractivity contribution is -0.130. The Bertz CT molecular complexity index is 1130. The molecule has 1 saturated heterocycles. The van der Waals surface area contributed by atoms with Gasteiger partial charge in [-0.15, -0.1) is 11.3 Å². The van der Waals surface area contributed by atoms with Crippen LogP contribution in [0.25, 0.3) is 11.1 Å². The van der Waals surface area contributed by atoms with E-state index in [-0.39, 0.29) is 18.3 Å². The van der Waals surface area contributed by atoms with E-state index in [9.17, 15) is 14.0 Å². The molecular formula is C24H24FN3O2S. The van der Waals surface area contributed by atoms with Crippen LogP contribution >= 0.6 is 11.3 Å². The van der Waals surface area contributed by atoms with Crippen molar-refractivity contribution >= 4 is 23.2 Å². The number of hydrogen-bond donors (Lipinski definition) is 1. The molecule has 1 fully saturated rings. The number of primary amides is 1. The quantitative estimate of drug-likeness (QED) is 0.650. The second kappa shape index (κ2) is 8.59. The summed E-state index contributed by atoms with van der Waals surface area (Å²) in [5, 5.41) is 0. The number of aromatic nitrogens is 1. The van der Waals surface area contributed by atoms with Crippen LogP contribution in [-0.4, -0.2) is 34.8 Å². The molecule has 2 aromatic carbocycles. The van der Waals surface area contributed by atoms with Crippen molar-refractivity contribution in [3.8, 4) is 11.1 Å². The van der Waals surface area contributed by atoms with Crippen LogP contribution in [0.3, 0.4) is 0 Å². The summed E-state index contributed by atoms with van der Waals surface area (Å²) in [6.45, 7) is 2.68. The van der Waals surface area contributed by atoms with Gasteiger partial charge in [0.15, 0.2) is 0 Å². The van der Waals surface area contributed by atoms with Crippen LogP contribution in [0.2, 0.25) is 0 Å². The molecule has 2 amide bonds. The zero-order chi connectivity index (χ0) is 22.0. The van der Waals surface area contributed by atoms with Gasteiger partial charge in [0.2, 0.25) is 5.91 Å². The Labute approximate surface area is 184 Å². The monoisotopic (exact) mass is 437 g/mol. The Balaban J connectivity index is 1.60. The first-order valence-electron chi connectivity index (χ1n) is 10.2. The number of benzene rings is 2. The lowest BCUT2D eigenvalue weighted by Crippen LogP contribution is -2.53. The summed E-state index contributed by atoms with van der Waals surface area (Å²) >= 11 is 1.32. The molecule has 0 saturated carbocycles. The minimum atomic E-state index is -0.840. The lowest BCUT2D eigenvalue weighted by atomic mass is 9.74. The zero-order valence-corrected chi connectivity index (χ0v) is 18.1. The van der Waals surface area contributed by atoms with Crippen LogP contribution < -0.4 is 5.73 Å². The molecule has 31 heavy (non-hydrogen) atoms. The first-order chi connectivity index (χ1) is 14.9. The third-order valence-corrected chi connectivity index (χ3v) is 6.87. The van der Waals surface area contributed by atoms with Crippen molar-refractivity contribution in [2.75, 3.05) is 13.1 Å². The van der Waals surface area contributed by atoms with Crippen molar-refractivity contribution in [2.24, 2.45) is 11.1 Å². The minimum Gasteiger partial charge on any atom is -0.369 e. The average molecular weight is 438 g/mol. The van der Waals surface area contributed by atoms with E-state index in [1.54, 1.807) is 16.5 Å². The van der Waals surface area contributed by atoms with Crippen LogP contribution in [0.4, 0.5) is 4.39 Å². The number of nitrogens with zero attached hydrogens (tertiary/aromatic N) is 2. The van der Waals surface area contributed by atoms with Crippen LogP contribution in [0.1, 0.15) is 33.8 Å². The predicted octanol–water partition coefficient (Wildman–Crippen LogP) is 4.21. The number of aryl methyl sites for hydroxylation is 1. The van der Waals surface area contributed by atoms with Crippen molar-refractivity contribution in [3.05, 3.63) is 76.0 Å². The van der Waals surface area contributed by atoms with Crippen molar-refractivity contribution < 1.29 is 14.0 Å². The molecule has 2 heterocycles. The molecular weight excluding hydrogens is 413 g/mol. The number of likely N-dealkylation sites (tertiary alicyclic amines) is 1. The van der Waals surface area contributed by atoms with Crippen molar-refractivity contribution in [3.63, 3.8) is 0 Å². The van der Waals surface area contributed by atoms with E-state index in [0.29, 0.717) is 36.4 Å². The number of rotatable bonds is 5. The zero-order valence-electron chi connectivity index (χ0n) is 17.3. The Morgan fingerprint density at radius 2 is 1.94 bits per heavy atom. The fraction of sp³-hybridized carbons (Fsp3) is 0.292. The molecule has 0 bridgehead atoms. The molecule has 0 aliphatic carbocycles. The van der Waals surface area contributed by atoms with E-state index in [2.05, 4.69) is 4.98 Å². The molecule has 1 unspecified atom stereocenters. The van der Waals surface area contributed by atoms with Crippen molar-refractivity contribution in [1.82, 2.24) is 9.88 Å². The molecule has 1 atom stereocenters. The molecule has 160 valence electrons. The molecule has 2 N–H and O–H groups in total. The molecule has 4 rings (SSSR count). The molecule has 0 radical (unpaired) electrons. The molecule has 1 aliphatic heterocycles. The van der Waals surface area contributed by atoms with Crippen LogP contribution in [0, 0.1) is 18.2 Å². The van der Waals surface area contributed by atoms with Crippen molar-refractivity contribution in [1.29, 1.82) is 0 Å². The van der Waals surface area contributed by atoms with Gasteiger partial charge >= 0.3 is 0 Å². The molecule has 0 spiro atoms. The largest absolute Gasteiger partial charge is 0.369 e. The summed E-state index contributed by atoms with van der Waals surface area (Å²) in [6, 6.07) is 14.2. The molecule has 1 aromatic heterocycles. The van der Waals surface area contributed by atoms with Crippen LogP contribution in [0.5, 0.6) is 0 Å². The van der Waals surface area contributed by atoms with Crippen molar-refractivity contribution in [2.45, 2.75) is 26.2 Å². The third kappa shape index (κ3) is 4.37. The van der Waals surface area contributed by atoms with Crippen LogP contribution in [-0.2, 0) is 11.2 Å². The maximum Gasteiger partial charge on any atom is 0.265 e. The highest BCUT2D eigenvalue weighted by Crippen LogP contribution is 2.35. The summed E-state index contributed by atoms with van der Waals surface area (Å²) in [4.78, 5) is 32.2. The maximum atomic E-state index is 13.7. The van der Waals surface area contributed by atoms with E-state index >= 15 is 0 Å². The van der Waals surface area contributed by atoms with E-state index in [1.165, 1.54) is 23.5 Å². The van der Waals surface area contributed by atoms with Gasteiger partial charge < -0.3 is 10.6 Å². The Morgan fingerprint density at radius 1 is 1.19 bits per heavy atom. The first-order valence-corrected chi connectivity index (χ1v) is 11.1. The number of halogens is 1. The van der Waals surface area contributed by atoms with Gasteiger partial charge in [-0.05, 0) is 55.0 Å². The summed E-state index contributed by atoms with van der Waals surface area (Å²) in [5.74, 6) is -0.794. The van der Waals surface area contributed by atoms with Gasteiger partial charge in [-0.1, -0.05) is 36.4 Å². The fourth-order valence-electron chi connectivity index (χ4n) is 4.31. The van der Waals surface area contributed by atoms with E-state index < -0.39 is 11.3 Å². The summed E-state index contributed by atoms with van der Waals surface area (Å²) < 4.78 is 13.7. The summed E-state index contributed by atoms with van der Waals surface area (Å²) in [5.41, 5.74) is 10.00. The Morgan fingerprint density at radius 3 is 2.61 bits per heavy atom. The van der Waals surface area contributed by atoms with E-state index in [0.717, 1.165) is 16.7 Å². The lowest BCUT2D eigenvalue weighted by Gasteiger charge is -2.41. The molecule has 7 heteroatoms. The topological polar surface area (TPSA) is 76.3 Å². The highest BCUT2D eigenvalue weighted by molar-refractivity contribution is 7.11. The fourth-order valence-corrected chi connectivity index (χ4v) is 5.08. The second-order valence-electron chi connectivity index (χ2n) is 8.13. The highest BCUT2D eigenvalue weighted by Gasteiger charge is 2.42. The number of nitrogens with two attached hydrogens (primary N) is 1. The number of hydrogen-bond acceptors (Lipinski definition) is 4. The maximum absolute atomic E-state index is 13.7. The normalized spacial score (nSPS) is 18.7. The van der Waals surface area contributed by atoms with E-state index in [1.807, 2.05) is 37.3 Å². The summed E-state index contributed by atoms with van der Waals surface area (Å²) in [6.07, 6.45) is 1.75. The first kappa shape index (κ1) is 21.2. The molecule has 3 aromatic rings. The second-order valence-corrected chi connectivity index (χ2v) is 8.98. The Kier molecular flexibility index (Phi) is 5.87. The predicted molar refractivity (Wildman–Crippen MR) is 119 cm³/mol. The van der Waals surface area contributed by atoms with Gasteiger partial charge in [0.05, 0.1) is 16.6 Å².